The molecular weight excluding hydrogens is 222 g/mol. The Morgan fingerprint density at radius 2 is 1.88 bits per heavy atom. The summed E-state index contributed by atoms with van der Waals surface area (Å²) >= 11 is 0. The van der Waals surface area contributed by atoms with E-state index in [0.717, 1.165) is 12.8 Å². The lowest BCUT2D eigenvalue weighted by molar-refractivity contribution is -0.146. The number of carbonyl (C=O) groups is 2. The van der Waals surface area contributed by atoms with Gasteiger partial charge < -0.3 is 9.84 Å². The molecule has 1 unspecified atom stereocenters. The van der Waals surface area contributed by atoms with E-state index in [0.29, 0.717) is 19.5 Å². The average molecular weight is 245 g/mol. The largest absolute Gasteiger partial charge is 0.480 e. The first-order chi connectivity index (χ1) is 8.06. The molecule has 0 saturated carbocycles. The molecule has 0 bridgehead atoms. The van der Waals surface area contributed by atoms with Gasteiger partial charge in [-0.05, 0) is 19.4 Å². The van der Waals surface area contributed by atoms with Crippen molar-refractivity contribution >= 4 is 11.9 Å². The molecule has 5 nitrogen and oxygen atoms in total. The van der Waals surface area contributed by atoms with E-state index in [-0.39, 0.29) is 12.4 Å². The van der Waals surface area contributed by atoms with Crippen molar-refractivity contribution < 1.29 is 19.4 Å². The molecule has 17 heavy (non-hydrogen) atoms. The number of carboxylic acids is 1. The van der Waals surface area contributed by atoms with Gasteiger partial charge in [0, 0.05) is 6.54 Å². The van der Waals surface area contributed by atoms with Crippen LogP contribution in [-0.4, -0.2) is 48.2 Å². The molecule has 0 aliphatic rings. The Morgan fingerprint density at radius 1 is 1.24 bits per heavy atom. The summed E-state index contributed by atoms with van der Waals surface area (Å²) < 4.78 is 4.57. The SMILES string of the molecule is CCCC(C(=O)O)N(CCC)CCC(=O)OC. The van der Waals surface area contributed by atoms with E-state index in [4.69, 9.17) is 5.11 Å². The van der Waals surface area contributed by atoms with E-state index in [1.807, 2.05) is 18.7 Å². The van der Waals surface area contributed by atoms with Gasteiger partial charge in [0.05, 0.1) is 13.5 Å². The molecule has 0 rings (SSSR count). The van der Waals surface area contributed by atoms with Crippen LogP contribution in [0.15, 0.2) is 0 Å². The fourth-order valence-electron chi connectivity index (χ4n) is 1.78. The molecule has 1 N–H and O–H groups in total. The highest BCUT2D eigenvalue weighted by atomic mass is 16.5. The molecule has 0 heterocycles. The summed E-state index contributed by atoms with van der Waals surface area (Å²) in [6, 6.07) is -0.496. The summed E-state index contributed by atoms with van der Waals surface area (Å²) in [5.74, 6) is -1.11. The highest BCUT2D eigenvalue weighted by Crippen LogP contribution is 2.09. The molecule has 0 radical (unpaired) electrons. The smallest absolute Gasteiger partial charge is 0.320 e. The van der Waals surface area contributed by atoms with Gasteiger partial charge in [0.25, 0.3) is 0 Å². The normalized spacial score (nSPS) is 12.5. The summed E-state index contributed by atoms with van der Waals surface area (Å²) in [6.07, 6.45) is 2.53. The van der Waals surface area contributed by atoms with E-state index in [1.165, 1.54) is 7.11 Å². The first-order valence-electron chi connectivity index (χ1n) is 6.10. The van der Waals surface area contributed by atoms with Crippen molar-refractivity contribution in [2.24, 2.45) is 0 Å². The third kappa shape index (κ3) is 6.26. The Kier molecular flexibility index (Phi) is 8.40. The predicted molar refractivity (Wildman–Crippen MR) is 64.8 cm³/mol. The number of rotatable bonds is 9. The van der Waals surface area contributed by atoms with Gasteiger partial charge in [0.15, 0.2) is 0 Å². The first kappa shape index (κ1) is 15.9. The van der Waals surface area contributed by atoms with Crippen LogP contribution in [0.2, 0.25) is 0 Å². The number of hydrogen-bond donors (Lipinski definition) is 1. The van der Waals surface area contributed by atoms with Crippen LogP contribution in [0.4, 0.5) is 0 Å². The molecule has 0 spiro atoms. The number of hydrogen-bond acceptors (Lipinski definition) is 4. The van der Waals surface area contributed by atoms with Gasteiger partial charge in [0.1, 0.15) is 6.04 Å². The maximum atomic E-state index is 11.2. The van der Waals surface area contributed by atoms with Gasteiger partial charge in [-0.15, -0.1) is 0 Å². The van der Waals surface area contributed by atoms with Gasteiger partial charge in [-0.3, -0.25) is 14.5 Å². The summed E-state index contributed by atoms with van der Waals surface area (Å²) in [4.78, 5) is 24.1. The average Bonchev–Trinajstić information content (AvgIpc) is 2.31. The molecule has 0 fully saturated rings. The Bertz CT molecular complexity index is 243. The molecule has 0 aromatic rings. The van der Waals surface area contributed by atoms with Crippen molar-refractivity contribution in [1.29, 1.82) is 0 Å². The van der Waals surface area contributed by atoms with Crippen molar-refractivity contribution in [2.75, 3.05) is 20.2 Å². The zero-order valence-corrected chi connectivity index (χ0v) is 10.9. The van der Waals surface area contributed by atoms with Crippen LogP contribution < -0.4 is 0 Å². The number of carboxylic acid groups (broad SMARTS) is 1. The first-order valence-corrected chi connectivity index (χ1v) is 6.10. The van der Waals surface area contributed by atoms with Crippen LogP contribution in [-0.2, 0) is 14.3 Å². The molecule has 0 aromatic heterocycles. The topological polar surface area (TPSA) is 66.8 Å². The van der Waals surface area contributed by atoms with E-state index in [1.54, 1.807) is 0 Å². The maximum absolute atomic E-state index is 11.2. The van der Waals surface area contributed by atoms with E-state index in [2.05, 4.69) is 4.74 Å². The lowest BCUT2D eigenvalue weighted by atomic mass is 10.1. The lowest BCUT2D eigenvalue weighted by Gasteiger charge is -2.27. The van der Waals surface area contributed by atoms with Crippen molar-refractivity contribution in [3.63, 3.8) is 0 Å². The van der Waals surface area contributed by atoms with Crippen LogP contribution in [0.25, 0.3) is 0 Å². The van der Waals surface area contributed by atoms with Crippen molar-refractivity contribution in [3.8, 4) is 0 Å². The van der Waals surface area contributed by atoms with Gasteiger partial charge in [0.2, 0.25) is 0 Å². The fourth-order valence-corrected chi connectivity index (χ4v) is 1.78. The fraction of sp³-hybridized carbons (Fsp3) is 0.833. The quantitative estimate of drug-likeness (QED) is 0.624. The Hall–Kier alpha value is -1.10. The molecule has 0 aliphatic carbocycles. The van der Waals surface area contributed by atoms with Crippen molar-refractivity contribution in [2.45, 2.75) is 45.6 Å². The van der Waals surface area contributed by atoms with Crippen molar-refractivity contribution in [3.05, 3.63) is 0 Å². The molecule has 0 aliphatic heterocycles. The summed E-state index contributed by atoms with van der Waals surface area (Å²) in [7, 11) is 1.34. The number of nitrogens with zero attached hydrogens (tertiary/aromatic N) is 1. The van der Waals surface area contributed by atoms with Crippen molar-refractivity contribution in [1.82, 2.24) is 4.90 Å². The number of ether oxygens (including phenoxy) is 1. The van der Waals surface area contributed by atoms with E-state index >= 15 is 0 Å². The van der Waals surface area contributed by atoms with Gasteiger partial charge in [-0.1, -0.05) is 20.3 Å². The molecular formula is C12H23NO4. The number of carbonyl (C=O) groups excluding carboxylic acids is 1. The van der Waals surface area contributed by atoms with Crippen LogP contribution in [0.3, 0.4) is 0 Å². The minimum Gasteiger partial charge on any atom is -0.480 e. The van der Waals surface area contributed by atoms with Crippen LogP contribution in [0.5, 0.6) is 0 Å². The van der Waals surface area contributed by atoms with E-state index in [9.17, 15) is 9.59 Å². The van der Waals surface area contributed by atoms with Gasteiger partial charge >= 0.3 is 11.9 Å². The summed E-state index contributed by atoms with van der Waals surface area (Å²) in [5, 5.41) is 9.17. The zero-order chi connectivity index (χ0) is 13.3. The third-order valence-electron chi connectivity index (χ3n) is 2.63. The lowest BCUT2D eigenvalue weighted by Crippen LogP contribution is -2.42. The molecule has 5 heteroatoms. The Balaban J connectivity index is 4.44. The monoisotopic (exact) mass is 245 g/mol. The van der Waals surface area contributed by atoms with Crippen LogP contribution in [0, 0.1) is 0 Å². The molecule has 100 valence electrons. The second-order valence-electron chi connectivity index (χ2n) is 4.00. The minimum atomic E-state index is -0.815. The standard InChI is InChI=1S/C12H23NO4/c1-4-6-10(12(15)16)13(8-5-2)9-7-11(14)17-3/h10H,4-9H2,1-3H3,(H,15,16). The second kappa shape index (κ2) is 8.98. The molecule has 0 amide bonds. The highest BCUT2D eigenvalue weighted by molar-refractivity contribution is 5.73. The Morgan fingerprint density at radius 3 is 2.29 bits per heavy atom. The number of methoxy groups -OCH3 is 1. The zero-order valence-electron chi connectivity index (χ0n) is 10.9. The Labute approximate surface area is 103 Å². The van der Waals surface area contributed by atoms with Crippen LogP contribution in [0.1, 0.15) is 39.5 Å². The number of esters is 1. The third-order valence-corrected chi connectivity index (χ3v) is 2.63. The summed E-state index contributed by atoms with van der Waals surface area (Å²) in [5.41, 5.74) is 0. The highest BCUT2D eigenvalue weighted by Gasteiger charge is 2.24. The number of aliphatic carboxylic acids is 1. The van der Waals surface area contributed by atoms with E-state index < -0.39 is 12.0 Å². The minimum absolute atomic E-state index is 0.240. The molecule has 1 atom stereocenters. The second-order valence-corrected chi connectivity index (χ2v) is 4.00. The molecule has 0 aromatic carbocycles. The van der Waals surface area contributed by atoms with Gasteiger partial charge in [-0.2, -0.15) is 0 Å². The maximum Gasteiger partial charge on any atom is 0.320 e. The van der Waals surface area contributed by atoms with Crippen LogP contribution >= 0.6 is 0 Å². The predicted octanol–water partition coefficient (Wildman–Crippen LogP) is 1.51. The van der Waals surface area contributed by atoms with Gasteiger partial charge in [-0.25, -0.2) is 0 Å². The molecule has 0 saturated heterocycles. The summed E-state index contributed by atoms with van der Waals surface area (Å²) in [6.45, 7) is 5.09.